The Morgan fingerprint density at radius 3 is 2.70 bits per heavy atom. The Morgan fingerprint density at radius 1 is 1.15 bits per heavy atom. The monoisotopic (exact) mass is 375 g/mol. The summed E-state index contributed by atoms with van der Waals surface area (Å²) in [4.78, 5) is 14.0. The first kappa shape index (κ1) is 17.8. The van der Waals surface area contributed by atoms with Crippen molar-refractivity contribution in [3.63, 3.8) is 0 Å². The van der Waals surface area contributed by atoms with E-state index in [0.717, 1.165) is 30.6 Å². The first-order valence-corrected chi connectivity index (χ1v) is 10.7. The highest BCUT2D eigenvalue weighted by Gasteiger charge is 2.38. The number of hydrogen-bond acceptors (Lipinski definition) is 2. The topological polar surface area (TPSA) is 26.3 Å². The third-order valence-electron chi connectivity index (χ3n) is 5.59. The van der Waals surface area contributed by atoms with E-state index >= 15 is 0 Å². The van der Waals surface area contributed by atoms with Gasteiger partial charge in [0.1, 0.15) is 5.38 Å². The van der Waals surface area contributed by atoms with Crippen LogP contribution in [0.3, 0.4) is 0 Å². The molecule has 1 aliphatic rings. The van der Waals surface area contributed by atoms with Gasteiger partial charge in [-0.25, -0.2) is 4.79 Å². The average Bonchev–Trinajstić information content (AvgIpc) is 3.38. The van der Waals surface area contributed by atoms with Gasteiger partial charge in [-0.05, 0) is 44.0 Å². The van der Waals surface area contributed by atoms with E-state index in [1.165, 1.54) is 10.1 Å². The molecule has 136 valence electrons. The van der Waals surface area contributed by atoms with Crippen molar-refractivity contribution in [3.8, 4) is 17.2 Å². The quantitative estimate of drug-likeness (QED) is 0.303. The summed E-state index contributed by atoms with van der Waals surface area (Å²) in [5, 5.41) is 3.45. The highest BCUT2D eigenvalue weighted by molar-refractivity contribution is 7.43. The van der Waals surface area contributed by atoms with Crippen LogP contribution in [-0.2, 0) is 4.74 Å². The molecule has 2 aromatic carbocycles. The number of rotatable bonds is 4. The Balaban J connectivity index is 1.62. The molecule has 1 fully saturated rings. The van der Waals surface area contributed by atoms with E-state index in [9.17, 15) is 4.79 Å². The second kappa shape index (κ2) is 7.21. The summed E-state index contributed by atoms with van der Waals surface area (Å²) < 4.78 is 7.15. The van der Waals surface area contributed by atoms with Gasteiger partial charge < -0.3 is 4.74 Å². The predicted octanol–water partition coefficient (Wildman–Crippen LogP) is 6.32. The third kappa shape index (κ3) is 3.38. The minimum atomic E-state index is -0.828. The van der Waals surface area contributed by atoms with Crippen LogP contribution in [0.2, 0.25) is 0 Å². The number of thiophene rings is 1. The maximum Gasteiger partial charge on any atom is 0.339 e. The van der Waals surface area contributed by atoms with Crippen molar-refractivity contribution in [2.24, 2.45) is 5.92 Å². The van der Waals surface area contributed by atoms with Crippen LogP contribution in [0.25, 0.3) is 15.0 Å². The summed E-state index contributed by atoms with van der Waals surface area (Å²) in [5.74, 6) is 2.67. The van der Waals surface area contributed by atoms with Crippen LogP contribution in [0.15, 0.2) is 60.0 Å². The van der Waals surface area contributed by atoms with Crippen molar-refractivity contribution in [2.75, 3.05) is 0 Å². The minimum Gasteiger partial charge on any atom is -0.442 e. The first-order valence-electron chi connectivity index (χ1n) is 9.42. The molecular formula is C24H23O2S+. The van der Waals surface area contributed by atoms with E-state index in [0.29, 0.717) is 5.56 Å². The largest absolute Gasteiger partial charge is 0.442 e. The zero-order valence-corrected chi connectivity index (χ0v) is 16.3. The third-order valence-corrected chi connectivity index (χ3v) is 7.60. The molecule has 1 aliphatic carbocycles. The van der Waals surface area contributed by atoms with Crippen LogP contribution in [-0.4, -0.2) is 11.6 Å². The van der Waals surface area contributed by atoms with Crippen molar-refractivity contribution in [1.82, 2.24) is 0 Å². The normalized spacial score (nSPS) is 17.4. The molecule has 0 amide bonds. The second-order valence-corrected chi connectivity index (χ2v) is 9.19. The summed E-state index contributed by atoms with van der Waals surface area (Å²) >= 11 is 0. The fourth-order valence-electron chi connectivity index (χ4n) is 3.96. The van der Waals surface area contributed by atoms with Gasteiger partial charge in [0.2, 0.25) is 0 Å². The van der Waals surface area contributed by atoms with Crippen LogP contribution in [0.1, 0.15) is 43.0 Å². The Morgan fingerprint density at radius 2 is 1.93 bits per heavy atom. The van der Waals surface area contributed by atoms with Gasteiger partial charge in [0.05, 0.1) is 5.56 Å². The summed E-state index contributed by atoms with van der Waals surface area (Å²) in [6.07, 6.45) is 10.1. The van der Waals surface area contributed by atoms with Crippen LogP contribution in [0, 0.1) is 18.3 Å². The Kier molecular flexibility index (Phi) is 4.76. The predicted molar refractivity (Wildman–Crippen MR) is 112 cm³/mol. The number of ether oxygens (including phenoxy) is 1. The molecule has 0 saturated heterocycles. The van der Waals surface area contributed by atoms with Crippen LogP contribution in [0.5, 0.6) is 0 Å². The smallest absolute Gasteiger partial charge is 0.339 e. The molecule has 2 unspecified atom stereocenters. The van der Waals surface area contributed by atoms with Gasteiger partial charge in [-0.1, -0.05) is 37.0 Å². The van der Waals surface area contributed by atoms with E-state index < -0.39 is 5.60 Å². The van der Waals surface area contributed by atoms with E-state index in [1.54, 1.807) is 0 Å². The maximum atomic E-state index is 12.9. The lowest BCUT2D eigenvalue weighted by atomic mass is 9.88. The lowest BCUT2D eigenvalue weighted by molar-refractivity contribution is -0.00788. The molecule has 2 nitrogen and oxygen atoms in total. The number of hydrogen-bond donors (Lipinski definition) is 0. The van der Waals surface area contributed by atoms with Gasteiger partial charge in [-0.15, -0.1) is 6.42 Å². The SMILES string of the molecule is C#CC(C)(OC(=O)c1cccc(-[s+]2ccc3ccccc32)c1)C1CCCC1. The maximum absolute atomic E-state index is 12.9. The molecular weight excluding hydrogens is 352 g/mol. The summed E-state index contributed by atoms with van der Waals surface area (Å²) in [5.41, 5.74) is -0.261. The van der Waals surface area contributed by atoms with Crippen LogP contribution >= 0.6 is 10.5 Å². The lowest BCUT2D eigenvalue weighted by Crippen LogP contribution is -2.37. The van der Waals surface area contributed by atoms with Gasteiger partial charge in [0.15, 0.2) is 15.2 Å². The lowest BCUT2D eigenvalue weighted by Gasteiger charge is -2.30. The number of carbonyl (C=O) groups is 1. The molecule has 1 heterocycles. The van der Waals surface area contributed by atoms with Gasteiger partial charge in [0, 0.05) is 33.9 Å². The molecule has 3 aromatic rings. The summed E-state index contributed by atoms with van der Waals surface area (Å²) in [6.45, 7) is 1.88. The number of benzene rings is 2. The van der Waals surface area contributed by atoms with Crippen molar-refractivity contribution < 1.29 is 9.53 Å². The van der Waals surface area contributed by atoms with E-state index in [4.69, 9.17) is 11.2 Å². The van der Waals surface area contributed by atoms with Gasteiger partial charge in [-0.2, -0.15) is 0 Å². The molecule has 0 spiro atoms. The minimum absolute atomic E-state index is 0.148. The Bertz CT molecular complexity index is 1020. The molecule has 2 atom stereocenters. The molecule has 4 rings (SSSR count). The zero-order valence-electron chi connectivity index (χ0n) is 15.5. The van der Waals surface area contributed by atoms with Crippen LogP contribution < -0.4 is 0 Å². The zero-order chi connectivity index (χ0) is 18.9. The molecule has 0 radical (unpaired) electrons. The summed E-state index contributed by atoms with van der Waals surface area (Å²) in [6, 6.07) is 18.3. The second-order valence-electron chi connectivity index (χ2n) is 7.33. The van der Waals surface area contributed by atoms with Gasteiger partial charge in [-0.3, -0.25) is 0 Å². The highest BCUT2D eigenvalue weighted by Crippen LogP contribution is 2.40. The molecule has 27 heavy (non-hydrogen) atoms. The molecule has 1 saturated carbocycles. The molecule has 3 heteroatoms. The van der Waals surface area contributed by atoms with Gasteiger partial charge >= 0.3 is 5.97 Å². The average molecular weight is 376 g/mol. The van der Waals surface area contributed by atoms with Crippen molar-refractivity contribution in [3.05, 3.63) is 65.5 Å². The van der Waals surface area contributed by atoms with Crippen molar-refractivity contribution in [1.29, 1.82) is 0 Å². The number of carbonyl (C=O) groups excluding carboxylic acids is 1. The number of fused-ring (bicyclic) bond motifs is 1. The molecule has 0 aliphatic heterocycles. The molecule has 0 bridgehead atoms. The van der Waals surface area contributed by atoms with Gasteiger partial charge in [0.25, 0.3) is 0 Å². The molecule has 1 aromatic heterocycles. The number of terminal acetylenes is 1. The fraction of sp³-hybridized carbons (Fsp3) is 0.292. The number of esters is 1. The van der Waals surface area contributed by atoms with Crippen molar-refractivity contribution in [2.45, 2.75) is 38.2 Å². The van der Waals surface area contributed by atoms with E-state index in [-0.39, 0.29) is 22.4 Å². The van der Waals surface area contributed by atoms with Crippen LogP contribution in [0.4, 0.5) is 0 Å². The van der Waals surface area contributed by atoms with Crippen molar-refractivity contribution >= 4 is 26.5 Å². The standard InChI is InChI=1S/C24H23O2S/c1-3-24(2,20-11-5-6-12-20)26-23(25)19-10-8-13-21(17-19)27-16-15-18-9-4-7-14-22(18)27/h1,4,7-10,13-17,20H,5-6,11-12H2,2H3/q+1. The van der Waals surface area contributed by atoms with E-state index in [2.05, 4.69) is 41.6 Å². The summed E-state index contributed by atoms with van der Waals surface area (Å²) in [7, 11) is -0.148. The molecule has 0 N–H and O–H groups in total. The fourth-order valence-corrected chi connectivity index (χ4v) is 5.89. The van der Waals surface area contributed by atoms with E-state index in [1.807, 2.05) is 31.2 Å². The first-order chi connectivity index (χ1) is 13.1. The highest BCUT2D eigenvalue weighted by atomic mass is 32.2. The Hall–Kier alpha value is -2.57. The Labute approximate surface area is 163 Å².